The van der Waals surface area contributed by atoms with Crippen LogP contribution in [-0.2, 0) is 21.9 Å². The molecule has 23 heavy (non-hydrogen) atoms. The Kier molecular flexibility index (Phi) is 5.24. The predicted molar refractivity (Wildman–Crippen MR) is 86.9 cm³/mol. The van der Waals surface area contributed by atoms with Gasteiger partial charge in [-0.1, -0.05) is 51.8 Å². The Morgan fingerprint density at radius 2 is 2.00 bits per heavy atom. The minimum absolute atomic E-state index is 0. The monoisotopic (exact) mass is 356 g/mol. The van der Waals surface area contributed by atoms with Crippen LogP contribution in [0.15, 0.2) is 23.3 Å². The minimum Gasteiger partial charge on any atom is -0.550 e. The molecule has 0 heterocycles. The van der Waals surface area contributed by atoms with Gasteiger partial charge in [0.2, 0.25) is 0 Å². The van der Waals surface area contributed by atoms with Crippen LogP contribution in [0, 0.1) is 28.6 Å². The largest absolute Gasteiger partial charge is 2.00 e. The van der Waals surface area contributed by atoms with Gasteiger partial charge in [-0.3, -0.25) is 0 Å². The smallest absolute Gasteiger partial charge is 0.550 e. The second kappa shape index (κ2) is 6.41. The maximum Gasteiger partial charge on any atom is 2.00 e. The van der Waals surface area contributed by atoms with Crippen molar-refractivity contribution in [1.82, 2.24) is 0 Å². The van der Waals surface area contributed by atoms with E-state index in [1.165, 1.54) is 18.4 Å². The summed E-state index contributed by atoms with van der Waals surface area (Å²) in [5, 5.41) is 11.8. The Bertz CT molecular complexity index is 548. The Balaban J connectivity index is 0.00000192. The van der Waals surface area contributed by atoms with Crippen molar-refractivity contribution in [2.24, 2.45) is 28.6 Å². The van der Waals surface area contributed by atoms with Crippen LogP contribution >= 0.6 is 0 Å². The molecule has 4 atom stereocenters. The number of hydrogen-bond donors (Lipinski definition) is 0. The van der Waals surface area contributed by atoms with Crippen LogP contribution in [0.2, 0.25) is 0 Å². The van der Waals surface area contributed by atoms with Gasteiger partial charge in [-0.15, -0.1) is 0 Å². The molecule has 3 aliphatic carbocycles. The summed E-state index contributed by atoms with van der Waals surface area (Å²) in [4.78, 5) is 11.8. The zero-order valence-electron chi connectivity index (χ0n) is 14.8. The van der Waals surface area contributed by atoms with Crippen LogP contribution in [0.4, 0.5) is 0 Å². The summed E-state index contributed by atoms with van der Waals surface area (Å²) in [5.74, 6) is 0.538. The van der Waals surface area contributed by atoms with Crippen molar-refractivity contribution in [3.05, 3.63) is 23.3 Å². The normalized spacial score (nSPS) is 39.5. The number of carboxylic acids is 1. The molecule has 3 heteroatoms. The van der Waals surface area contributed by atoms with E-state index in [4.69, 9.17) is 0 Å². The number of fused-ring (bicyclic) bond motifs is 3. The molecule has 0 aliphatic heterocycles. The summed E-state index contributed by atoms with van der Waals surface area (Å²) in [7, 11) is 0. The molecular weight excluding hydrogens is 327 g/mol. The Morgan fingerprint density at radius 1 is 1.30 bits per heavy atom. The fourth-order valence-corrected chi connectivity index (χ4v) is 5.59. The van der Waals surface area contributed by atoms with Crippen molar-refractivity contribution >= 4 is 5.97 Å². The van der Waals surface area contributed by atoms with Crippen molar-refractivity contribution in [3.8, 4) is 0 Å². The molecule has 0 bridgehead atoms. The van der Waals surface area contributed by atoms with E-state index in [1.54, 1.807) is 5.57 Å². The van der Waals surface area contributed by atoms with Gasteiger partial charge < -0.3 is 9.90 Å². The first-order valence-electron chi connectivity index (χ1n) is 8.91. The molecular formula is C20H29MnO2+. The predicted octanol–water partition coefficient (Wildman–Crippen LogP) is 3.87. The van der Waals surface area contributed by atoms with Crippen LogP contribution in [0.25, 0.3) is 0 Å². The maximum atomic E-state index is 11.8. The van der Waals surface area contributed by atoms with Gasteiger partial charge in [-0.2, -0.15) is 0 Å². The zero-order chi connectivity index (χ0) is 16.1. The fourth-order valence-electron chi connectivity index (χ4n) is 5.59. The molecule has 1 saturated carbocycles. The van der Waals surface area contributed by atoms with Crippen LogP contribution in [-0.4, -0.2) is 5.97 Å². The van der Waals surface area contributed by atoms with Crippen LogP contribution < -0.4 is 5.11 Å². The molecule has 0 aromatic heterocycles. The summed E-state index contributed by atoms with van der Waals surface area (Å²) >= 11 is 0. The van der Waals surface area contributed by atoms with Crippen molar-refractivity contribution in [3.63, 3.8) is 0 Å². The Hall–Kier alpha value is -0.531. The molecule has 3 rings (SSSR count). The number of hydrogen-bond acceptors (Lipinski definition) is 2. The number of rotatable bonds is 2. The molecule has 0 N–H and O–H groups in total. The molecule has 0 saturated heterocycles. The van der Waals surface area contributed by atoms with E-state index in [-0.39, 0.29) is 28.4 Å². The van der Waals surface area contributed by atoms with Gasteiger partial charge in [0.05, 0.1) is 0 Å². The number of aliphatic carboxylic acids is 1. The number of carboxylic acid groups (broad SMARTS) is 1. The summed E-state index contributed by atoms with van der Waals surface area (Å²) in [6, 6.07) is 0. The second-order valence-electron chi connectivity index (χ2n) is 8.52. The molecule has 0 amide bonds. The summed E-state index contributed by atoms with van der Waals surface area (Å²) in [5.41, 5.74) is 2.51. The fraction of sp³-hybridized carbons (Fsp3) is 0.750. The van der Waals surface area contributed by atoms with E-state index in [9.17, 15) is 9.90 Å². The van der Waals surface area contributed by atoms with E-state index in [0.29, 0.717) is 11.8 Å². The molecule has 2 nitrogen and oxygen atoms in total. The van der Waals surface area contributed by atoms with Gasteiger partial charge in [0, 0.05) is 11.4 Å². The number of carbonyl (C=O) groups is 1. The first-order valence-corrected chi connectivity index (χ1v) is 8.91. The van der Waals surface area contributed by atoms with Crippen molar-refractivity contribution in [2.45, 2.75) is 66.2 Å². The van der Waals surface area contributed by atoms with Gasteiger partial charge >= 0.3 is 17.1 Å². The second-order valence-corrected chi connectivity index (χ2v) is 8.52. The third kappa shape index (κ3) is 2.85. The van der Waals surface area contributed by atoms with Gasteiger partial charge in [-0.25, -0.2) is 0 Å². The topological polar surface area (TPSA) is 40.1 Å². The van der Waals surface area contributed by atoms with Gasteiger partial charge in [0.15, 0.2) is 0 Å². The molecule has 0 unspecified atom stereocenters. The molecule has 0 aromatic rings. The van der Waals surface area contributed by atoms with Crippen LogP contribution in [0.5, 0.6) is 0 Å². The first kappa shape index (κ1) is 18.8. The van der Waals surface area contributed by atoms with E-state index < -0.39 is 11.4 Å². The summed E-state index contributed by atoms with van der Waals surface area (Å²) in [6.45, 7) is 8.83. The molecule has 0 aromatic carbocycles. The molecule has 3 aliphatic rings. The SMILES string of the molecule is CC(C)C1=CC2=CC[C@@H]3[C@](C)(CCC[C@@]3(C)C(=O)[O-])[C@H]2CC1.[Mn+2]. The quantitative estimate of drug-likeness (QED) is 0.705. The average Bonchev–Trinajstić information content (AvgIpc) is 2.46. The minimum atomic E-state index is -0.838. The molecule has 0 spiro atoms. The Morgan fingerprint density at radius 3 is 2.61 bits per heavy atom. The molecule has 1 radical (unpaired) electrons. The van der Waals surface area contributed by atoms with E-state index in [0.717, 1.165) is 25.7 Å². The maximum absolute atomic E-state index is 11.8. The number of allylic oxidation sites excluding steroid dienone is 4. The Labute approximate surface area is 151 Å². The van der Waals surface area contributed by atoms with Gasteiger partial charge in [0.1, 0.15) is 0 Å². The van der Waals surface area contributed by atoms with E-state index >= 15 is 0 Å². The third-order valence-corrected chi connectivity index (χ3v) is 7.05. The third-order valence-electron chi connectivity index (χ3n) is 7.05. The van der Waals surface area contributed by atoms with Crippen molar-refractivity contribution in [1.29, 1.82) is 0 Å². The van der Waals surface area contributed by atoms with E-state index in [1.807, 2.05) is 6.92 Å². The van der Waals surface area contributed by atoms with Gasteiger partial charge in [0.25, 0.3) is 0 Å². The average molecular weight is 356 g/mol. The number of carbonyl (C=O) groups excluding carboxylic acids is 1. The van der Waals surface area contributed by atoms with Crippen molar-refractivity contribution < 1.29 is 27.0 Å². The van der Waals surface area contributed by atoms with Crippen LogP contribution in [0.3, 0.4) is 0 Å². The zero-order valence-corrected chi connectivity index (χ0v) is 16.0. The summed E-state index contributed by atoms with van der Waals surface area (Å²) < 4.78 is 0. The van der Waals surface area contributed by atoms with Gasteiger partial charge in [-0.05, 0) is 60.8 Å². The first-order chi connectivity index (χ1) is 10.3. The van der Waals surface area contributed by atoms with Crippen molar-refractivity contribution in [2.75, 3.05) is 0 Å². The molecule has 127 valence electrons. The van der Waals surface area contributed by atoms with E-state index in [2.05, 4.69) is 32.9 Å². The summed E-state index contributed by atoms with van der Waals surface area (Å²) in [6.07, 6.45) is 11.0. The standard InChI is InChI=1S/C20H30O2.Mn/c1-13(2)14-6-8-16-15(12-14)7-9-17-19(16,3)10-5-11-20(17,4)18(21)22;/h7,12-13,16-17H,5-6,8-11H2,1-4H3,(H,21,22);/q;+2/p-1/t16-,17+,19+,20+;/m0./s1. The molecule has 1 fully saturated rings. The van der Waals surface area contributed by atoms with Crippen LogP contribution in [0.1, 0.15) is 66.2 Å².